The fraction of sp³-hybridized carbons (Fsp3) is 0.375. The van der Waals surface area contributed by atoms with Crippen molar-refractivity contribution in [2.75, 3.05) is 5.32 Å². The van der Waals surface area contributed by atoms with E-state index in [4.69, 9.17) is 4.74 Å². The van der Waals surface area contributed by atoms with E-state index in [0.29, 0.717) is 5.69 Å². The molecule has 6 nitrogen and oxygen atoms in total. The first-order chi connectivity index (χ1) is 14.3. The van der Waals surface area contributed by atoms with Crippen molar-refractivity contribution in [3.63, 3.8) is 0 Å². The predicted molar refractivity (Wildman–Crippen MR) is 117 cm³/mol. The molecule has 2 atom stereocenters. The molecular formula is C24H30N2O4. The van der Waals surface area contributed by atoms with Gasteiger partial charge in [0.15, 0.2) is 6.10 Å². The molecule has 2 rings (SSSR count). The number of nitrogens with one attached hydrogen (secondary N) is 2. The highest BCUT2D eigenvalue weighted by atomic mass is 16.5. The zero-order valence-electron chi connectivity index (χ0n) is 18.0. The number of aryl methyl sites for hydroxylation is 1. The Morgan fingerprint density at radius 3 is 2.10 bits per heavy atom. The Labute approximate surface area is 178 Å². The van der Waals surface area contributed by atoms with E-state index in [1.807, 2.05) is 68.4 Å². The molecule has 0 unspecified atom stereocenters. The number of amides is 2. The van der Waals surface area contributed by atoms with Crippen LogP contribution in [0.5, 0.6) is 0 Å². The van der Waals surface area contributed by atoms with Crippen molar-refractivity contribution in [2.45, 2.75) is 52.7 Å². The first-order valence-corrected chi connectivity index (χ1v) is 10.2. The molecular weight excluding hydrogens is 380 g/mol. The lowest BCUT2D eigenvalue weighted by molar-refractivity contribution is -0.157. The van der Waals surface area contributed by atoms with E-state index in [1.165, 1.54) is 12.5 Å². The molecule has 0 aromatic heterocycles. The summed E-state index contributed by atoms with van der Waals surface area (Å²) in [6.45, 7) is 7.19. The Bertz CT molecular complexity index is 847. The van der Waals surface area contributed by atoms with E-state index in [0.717, 1.165) is 12.0 Å². The third-order valence-corrected chi connectivity index (χ3v) is 4.74. The van der Waals surface area contributed by atoms with Crippen LogP contribution < -0.4 is 10.6 Å². The monoisotopic (exact) mass is 410 g/mol. The van der Waals surface area contributed by atoms with Crippen LogP contribution in [-0.4, -0.2) is 29.9 Å². The topological polar surface area (TPSA) is 84.5 Å². The van der Waals surface area contributed by atoms with E-state index in [1.54, 1.807) is 0 Å². The van der Waals surface area contributed by atoms with E-state index in [2.05, 4.69) is 17.6 Å². The van der Waals surface area contributed by atoms with Crippen LogP contribution in [0.3, 0.4) is 0 Å². The highest BCUT2D eigenvalue weighted by Gasteiger charge is 2.29. The van der Waals surface area contributed by atoms with Gasteiger partial charge in [-0.2, -0.15) is 0 Å². The van der Waals surface area contributed by atoms with Crippen molar-refractivity contribution in [3.8, 4) is 0 Å². The van der Waals surface area contributed by atoms with Crippen LogP contribution in [-0.2, 0) is 32.0 Å². The van der Waals surface area contributed by atoms with Crippen LogP contribution in [0, 0.1) is 5.92 Å². The molecule has 160 valence electrons. The Kier molecular flexibility index (Phi) is 8.59. The molecule has 2 amide bonds. The molecule has 0 aliphatic heterocycles. The summed E-state index contributed by atoms with van der Waals surface area (Å²) in [5.74, 6) is -1.51. The minimum absolute atomic E-state index is 0.168. The maximum atomic E-state index is 12.6. The lowest BCUT2D eigenvalue weighted by atomic mass is 10.0. The molecule has 0 aliphatic carbocycles. The summed E-state index contributed by atoms with van der Waals surface area (Å²) in [4.78, 5) is 37.3. The molecule has 2 aromatic carbocycles. The van der Waals surface area contributed by atoms with Gasteiger partial charge in [-0.1, -0.05) is 63.2 Å². The first-order valence-electron chi connectivity index (χ1n) is 10.2. The number of esters is 1. The highest BCUT2D eigenvalue weighted by Crippen LogP contribution is 2.12. The second-order valence-corrected chi connectivity index (χ2v) is 7.57. The number of benzene rings is 2. The van der Waals surface area contributed by atoms with Crippen LogP contribution in [0.4, 0.5) is 5.69 Å². The van der Waals surface area contributed by atoms with Crippen LogP contribution in [0.15, 0.2) is 54.6 Å². The molecule has 6 heteroatoms. The summed E-state index contributed by atoms with van der Waals surface area (Å²) < 4.78 is 5.34. The van der Waals surface area contributed by atoms with Crippen molar-refractivity contribution >= 4 is 23.5 Å². The molecule has 0 heterocycles. The lowest BCUT2D eigenvalue weighted by Gasteiger charge is -2.23. The molecule has 2 aromatic rings. The average Bonchev–Trinajstić information content (AvgIpc) is 2.72. The Morgan fingerprint density at radius 1 is 0.900 bits per heavy atom. The molecule has 0 aliphatic rings. The third-order valence-electron chi connectivity index (χ3n) is 4.74. The normalized spacial score (nSPS) is 12.7. The third kappa shape index (κ3) is 7.03. The number of anilines is 1. The summed E-state index contributed by atoms with van der Waals surface area (Å²) in [6.07, 6.45) is 0.0892. The van der Waals surface area contributed by atoms with E-state index in [9.17, 15) is 14.4 Å². The zero-order valence-corrected chi connectivity index (χ0v) is 18.0. The quantitative estimate of drug-likeness (QED) is 0.620. The summed E-state index contributed by atoms with van der Waals surface area (Å²) >= 11 is 0. The van der Waals surface area contributed by atoms with Gasteiger partial charge in [-0.15, -0.1) is 0 Å². The first kappa shape index (κ1) is 23.1. The number of carbonyl (C=O) groups is 3. The maximum Gasteiger partial charge on any atom is 0.329 e. The van der Waals surface area contributed by atoms with Gasteiger partial charge in [-0.3, -0.25) is 9.59 Å². The number of rotatable bonds is 9. The van der Waals surface area contributed by atoms with E-state index in [-0.39, 0.29) is 18.2 Å². The average molecular weight is 411 g/mol. The standard InChI is InChI=1S/C24H30N2O4/c1-5-18-11-13-20(14-12-18)25-23(28)17(4)30-24(29)22(16(2)3)26-21(27)15-19-9-7-6-8-10-19/h6-14,16-17,22H,5,15H2,1-4H3,(H,25,28)(H,26,27)/t17-,22+/m1/s1. The highest BCUT2D eigenvalue weighted by molar-refractivity contribution is 5.95. The van der Waals surface area contributed by atoms with Crippen molar-refractivity contribution < 1.29 is 19.1 Å². The number of hydrogen-bond donors (Lipinski definition) is 2. The summed E-state index contributed by atoms with van der Waals surface area (Å²) in [6, 6.07) is 15.9. The van der Waals surface area contributed by atoms with Crippen molar-refractivity contribution in [3.05, 3.63) is 65.7 Å². The van der Waals surface area contributed by atoms with Gasteiger partial charge in [0, 0.05) is 5.69 Å². The molecule has 0 saturated carbocycles. The molecule has 0 spiro atoms. The van der Waals surface area contributed by atoms with Gasteiger partial charge in [0.05, 0.1) is 6.42 Å². The summed E-state index contributed by atoms with van der Waals surface area (Å²) in [7, 11) is 0. The lowest BCUT2D eigenvalue weighted by Crippen LogP contribution is -2.47. The van der Waals surface area contributed by atoms with Gasteiger partial charge < -0.3 is 15.4 Å². The predicted octanol–water partition coefficient (Wildman–Crippen LogP) is 3.50. The van der Waals surface area contributed by atoms with Gasteiger partial charge in [0.1, 0.15) is 6.04 Å². The van der Waals surface area contributed by atoms with Crippen molar-refractivity contribution in [1.82, 2.24) is 5.32 Å². The molecule has 0 bridgehead atoms. The van der Waals surface area contributed by atoms with Crippen LogP contribution >= 0.6 is 0 Å². The Morgan fingerprint density at radius 2 is 1.53 bits per heavy atom. The second kappa shape index (κ2) is 11.1. The van der Waals surface area contributed by atoms with Gasteiger partial charge in [-0.05, 0) is 42.5 Å². The maximum absolute atomic E-state index is 12.6. The second-order valence-electron chi connectivity index (χ2n) is 7.57. The molecule has 0 radical (unpaired) electrons. The summed E-state index contributed by atoms with van der Waals surface area (Å²) in [5.41, 5.74) is 2.66. The number of ether oxygens (including phenoxy) is 1. The van der Waals surface area contributed by atoms with Crippen molar-refractivity contribution in [2.24, 2.45) is 5.92 Å². The van der Waals surface area contributed by atoms with Gasteiger partial charge in [0.25, 0.3) is 5.91 Å². The van der Waals surface area contributed by atoms with Gasteiger partial charge in [-0.25, -0.2) is 4.79 Å². The molecule has 0 saturated heterocycles. The Hall–Kier alpha value is -3.15. The largest absolute Gasteiger partial charge is 0.451 e. The molecule has 0 fully saturated rings. The summed E-state index contributed by atoms with van der Waals surface area (Å²) in [5, 5.41) is 5.46. The van der Waals surface area contributed by atoms with Crippen LogP contribution in [0.2, 0.25) is 0 Å². The van der Waals surface area contributed by atoms with Crippen LogP contribution in [0.25, 0.3) is 0 Å². The zero-order chi connectivity index (χ0) is 22.1. The number of hydrogen-bond acceptors (Lipinski definition) is 4. The Balaban J connectivity index is 1.92. The fourth-order valence-corrected chi connectivity index (χ4v) is 2.87. The fourth-order valence-electron chi connectivity index (χ4n) is 2.87. The van der Waals surface area contributed by atoms with E-state index < -0.39 is 24.0 Å². The van der Waals surface area contributed by atoms with E-state index >= 15 is 0 Å². The molecule has 2 N–H and O–H groups in total. The van der Waals surface area contributed by atoms with Gasteiger partial charge >= 0.3 is 5.97 Å². The SMILES string of the molecule is CCc1ccc(NC(=O)[C@@H](C)OC(=O)[C@@H](NC(=O)Cc2ccccc2)C(C)C)cc1. The minimum atomic E-state index is -0.990. The number of carbonyl (C=O) groups excluding carboxylic acids is 3. The van der Waals surface area contributed by atoms with Crippen LogP contribution in [0.1, 0.15) is 38.8 Å². The van der Waals surface area contributed by atoms with Crippen molar-refractivity contribution in [1.29, 1.82) is 0 Å². The minimum Gasteiger partial charge on any atom is -0.451 e. The molecule has 30 heavy (non-hydrogen) atoms. The smallest absolute Gasteiger partial charge is 0.329 e. The van der Waals surface area contributed by atoms with Gasteiger partial charge in [0.2, 0.25) is 5.91 Å².